The van der Waals surface area contributed by atoms with Crippen LogP contribution in [0.25, 0.3) is 0 Å². The maximum Gasteiger partial charge on any atom is 0.153 e. The van der Waals surface area contributed by atoms with Crippen LogP contribution in [0.5, 0.6) is 5.75 Å². The van der Waals surface area contributed by atoms with Crippen LogP contribution in [0.3, 0.4) is 0 Å². The standard InChI is InChI=1S/C12H16Br2O4S/c1-2-4-19(16,17)5-3-18-12-10(13)6-9(8-15)7-11(12)14/h6-7,15H,2-5,8H2,1H3. The number of hydrogen-bond acceptors (Lipinski definition) is 4. The molecule has 0 unspecified atom stereocenters. The number of ether oxygens (including phenoxy) is 1. The van der Waals surface area contributed by atoms with Gasteiger partial charge in [0.05, 0.1) is 27.1 Å². The SMILES string of the molecule is CCCS(=O)(=O)CCOc1c(Br)cc(CO)cc1Br. The molecule has 0 saturated carbocycles. The first-order valence-corrected chi connectivity index (χ1v) is 9.22. The number of halogens is 2. The molecule has 0 spiro atoms. The smallest absolute Gasteiger partial charge is 0.153 e. The van der Waals surface area contributed by atoms with Crippen LogP contribution in [-0.4, -0.2) is 31.6 Å². The predicted octanol–water partition coefficient (Wildman–Crippen LogP) is 2.91. The topological polar surface area (TPSA) is 63.6 Å². The summed E-state index contributed by atoms with van der Waals surface area (Å²) < 4.78 is 30.0. The van der Waals surface area contributed by atoms with Crippen LogP contribution in [0.15, 0.2) is 21.1 Å². The van der Waals surface area contributed by atoms with Crippen molar-refractivity contribution in [2.24, 2.45) is 0 Å². The summed E-state index contributed by atoms with van der Waals surface area (Å²) in [5.74, 6) is 0.729. The highest BCUT2D eigenvalue weighted by atomic mass is 79.9. The zero-order valence-corrected chi connectivity index (χ0v) is 14.5. The van der Waals surface area contributed by atoms with Crippen LogP contribution in [0.4, 0.5) is 0 Å². The van der Waals surface area contributed by atoms with Crippen molar-refractivity contribution in [1.29, 1.82) is 0 Å². The van der Waals surface area contributed by atoms with E-state index < -0.39 is 9.84 Å². The van der Waals surface area contributed by atoms with Crippen molar-refractivity contribution in [2.75, 3.05) is 18.1 Å². The third-order valence-electron chi connectivity index (χ3n) is 2.40. The molecule has 0 amide bonds. The molecule has 1 rings (SSSR count). The van der Waals surface area contributed by atoms with Crippen molar-refractivity contribution < 1.29 is 18.3 Å². The van der Waals surface area contributed by atoms with Gasteiger partial charge in [0.15, 0.2) is 9.84 Å². The molecule has 0 aliphatic heterocycles. The lowest BCUT2D eigenvalue weighted by molar-refractivity contribution is 0.281. The average Bonchev–Trinajstić information content (AvgIpc) is 2.32. The monoisotopic (exact) mass is 414 g/mol. The molecular formula is C12H16Br2O4S. The number of hydrogen-bond donors (Lipinski definition) is 1. The molecule has 0 aliphatic carbocycles. The summed E-state index contributed by atoms with van der Waals surface area (Å²) in [4.78, 5) is 0. The van der Waals surface area contributed by atoms with E-state index in [0.29, 0.717) is 21.1 Å². The third kappa shape index (κ3) is 5.41. The van der Waals surface area contributed by atoms with Crippen LogP contribution >= 0.6 is 31.9 Å². The molecule has 4 nitrogen and oxygen atoms in total. The van der Waals surface area contributed by atoms with Gasteiger partial charge < -0.3 is 9.84 Å². The van der Waals surface area contributed by atoms with E-state index in [9.17, 15) is 8.42 Å². The van der Waals surface area contributed by atoms with Gasteiger partial charge in [0.25, 0.3) is 0 Å². The molecule has 7 heteroatoms. The van der Waals surface area contributed by atoms with E-state index >= 15 is 0 Å². The molecule has 1 aromatic rings. The second-order valence-electron chi connectivity index (χ2n) is 4.05. The van der Waals surface area contributed by atoms with Crippen molar-refractivity contribution in [3.8, 4) is 5.75 Å². The molecule has 108 valence electrons. The highest BCUT2D eigenvalue weighted by Gasteiger charge is 2.12. The van der Waals surface area contributed by atoms with Gasteiger partial charge in [0.1, 0.15) is 12.4 Å². The Balaban J connectivity index is 2.69. The Bertz CT molecular complexity index is 506. The minimum absolute atomic E-state index is 0.00146. The average molecular weight is 416 g/mol. The molecule has 19 heavy (non-hydrogen) atoms. The van der Waals surface area contributed by atoms with E-state index in [2.05, 4.69) is 31.9 Å². The van der Waals surface area contributed by atoms with E-state index in [1.165, 1.54) is 0 Å². The predicted molar refractivity (Wildman–Crippen MR) is 82.2 cm³/mol. The first kappa shape index (κ1) is 16.9. The van der Waals surface area contributed by atoms with Gasteiger partial charge in [-0.1, -0.05) is 6.92 Å². The Morgan fingerprint density at radius 2 is 1.79 bits per heavy atom. The quantitative estimate of drug-likeness (QED) is 0.743. The Morgan fingerprint density at radius 1 is 1.21 bits per heavy atom. The van der Waals surface area contributed by atoms with E-state index in [0.717, 1.165) is 5.56 Å². The molecule has 0 radical (unpaired) electrons. The summed E-state index contributed by atoms with van der Waals surface area (Å²) in [6.07, 6.45) is 0.612. The molecule has 0 bridgehead atoms. The normalized spacial score (nSPS) is 11.6. The molecule has 0 fully saturated rings. The van der Waals surface area contributed by atoms with E-state index in [4.69, 9.17) is 9.84 Å². The maximum absolute atomic E-state index is 11.6. The van der Waals surface area contributed by atoms with Crippen molar-refractivity contribution in [1.82, 2.24) is 0 Å². The summed E-state index contributed by atoms with van der Waals surface area (Å²) in [5.41, 5.74) is 0.740. The first-order chi connectivity index (χ1) is 8.89. The molecule has 0 heterocycles. The fourth-order valence-electron chi connectivity index (χ4n) is 1.53. The van der Waals surface area contributed by atoms with Crippen molar-refractivity contribution in [2.45, 2.75) is 20.0 Å². The molecule has 1 N–H and O–H groups in total. The molecule has 0 aliphatic rings. The number of sulfone groups is 1. The lowest BCUT2D eigenvalue weighted by atomic mass is 10.2. The summed E-state index contributed by atoms with van der Waals surface area (Å²) >= 11 is 6.67. The van der Waals surface area contributed by atoms with Crippen LogP contribution < -0.4 is 4.74 Å². The molecule has 0 atom stereocenters. The van der Waals surface area contributed by atoms with Crippen LogP contribution in [0.1, 0.15) is 18.9 Å². The van der Waals surface area contributed by atoms with Crippen molar-refractivity contribution >= 4 is 41.7 Å². The minimum Gasteiger partial charge on any atom is -0.490 e. The Kier molecular flexibility index (Phi) is 6.79. The van der Waals surface area contributed by atoms with E-state index in [1.54, 1.807) is 12.1 Å². The lowest BCUT2D eigenvalue weighted by Crippen LogP contribution is -2.17. The van der Waals surface area contributed by atoms with Crippen LogP contribution in [0.2, 0.25) is 0 Å². The van der Waals surface area contributed by atoms with Gasteiger partial charge in [-0.3, -0.25) is 0 Å². The largest absolute Gasteiger partial charge is 0.490 e. The second kappa shape index (κ2) is 7.61. The number of rotatable bonds is 7. The summed E-state index contributed by atoms with van der Waals surface area (Å²) in [5, 5.41) is 9.06. The van der Waals surface area contributed by atoms with Crippen LogP contribution in [-0.2, 0) is 16.4 Å². The van der Waals surface area contributed by atoms with Crippen molar-refractivity contribution in [3.63, 3.8) is 0 Å². The van der Waals surface area contributed by atoms with E-state index in [-0.39, 0.29) is 24.7 Å². The minimum atomic E-state index is -3.04. The Hall–Kier alpha value is -0.110. The zero-order valence-electron chi connectivity index (χ0n) is 10.5. The highest BCUT2D eigenvalue weighted by molar-refractivity contribution is 9.11. The summed E-state index contributed by atoms with van der Waals surface area (Å²) in [7, 11) is -3.04. The Morgan fingerprint density at radius 3 is 2.26 bits per heavy atom. The van der Waals surface area contributed by atoms with Gasteiger partial charge in [0, 0.05) is 0 Å². The second-order valence-corrected chi connectivity index (χ2v) is 8.06. The fourth-order valence-corrected chi connectivity index (χ4v) is 4.20. The summed E-state index contributed by atoms with van der Waals surface area (Å²) in [6.45, 7) is 1.87. The number of benzene rings is 1. The Labute approximate surface area is 130 Å². The molecular weight excluding hydrogens is 400 g/mol. The van der Waals surface area contributed by atoms with E-state index in [1.807, 2.05) is 6.92 Å². The van der Waals surface area contributed by atoms with Crippen LogP contribution in [0, 0.1) is 0 Å². The zero-order chi connectivity index (χ0) is 14.5. The number of aliphatic hydroxyl groups excluding tert-OH is 1. The number of aliphatic hydroxyl groups is 1. The van der Waals surface area contributed by atoms with Crippen molar-refractivity contribution in [3.05, 3.63) is 26.6 Å². The van der Waals surface area contributed by atoms with Gasteiger partial charge in [-0.15, -0.1) is 0 Å². The van der Waals surface area contributed by atoms with Gasteiger partial charge in [0.2, 0.25) is 0 Å². The molecule has 0 aromatic heterocycles. The van der Waals surface area contributed by atoms with Gasteiger partial charge in [-0.2, -0.15) is 0 Å². The van der Waals surface area contributed by atoms with Gasteiger partial charge in [-0.05, 0) is 56.0 Å². The van der Waals surface area contributed by atoms with Gasteiger partial charge >= 0.3 is 0 Å². The third-order valence-corrected chi connectivity index (χ3v) is 5.39. The lowest BCUT2D eigenvalue weighted by Gasteiger charge is -2.11. The fraction of sp³-hybridized carbons (Fsp3) is 0.500. The molecule has 1 aromatic carbocycles. The first-order valence-electron chi connectivity index (χ1n) is 5.81. The maximum atomic E-state index is 11.6. The van der Waals surface area contributed by atoms with Gasteiger partial charge in [-0.25, -0.2) is 8.42 Å². The summed E-state index contributed by atoms with van der Waals surface area (Å²) in [6, 6.07) is 3.47. The highest BCUT2D eigenvalue weighted by Crippen LogP contribution is 2.34. The molecule has 0 saturated heterocycles.